The van der Waals surface area contributed by atoms with Crippen molar-refractivity contribution in [3.8, 4) is 5.75 Å². The summed E-state index contributed by atoms with van der Waals surface area (Å²) in [6.07, 6.45) is 2.44. The zero-order valence-corrected chi connectivity index (χ0v) is 15.0. The number of halogens is 1. The fraction of sp³-hybridized carbons (Fsp3) is 0.238. The van der Waals surface area contributed by atoms with E-state index < -0.39 is 0 Å². The van der Waals surface area contributed by atoms with Gasteiger partial charge in [-0.15, -0.1) is 0 Å². The van der Waals surface area contributed by atoms with Crippen molar-refractivity contribution in [3.63, 3.8) is 0 Å². The zero-order valence-electron chi connectivity index (χ0n) is 13.5. The van der Waals surface area contributed by atoms with Crippen LogP contribution in [0.25, 0.3) is 10.8 Å². The average Bonchev–Trinajstić information content (AvgIpc) is 3.13. The maximum Gasteiger partial charge on any atom is 0.121 e. The van der Waals surface area contributed by atoms with Crippen LogP contribution in [0.3, 0.4) is 0 Å². The Hall–Kier alpha value is -1.84. The Labute approximate surface area is 150 Å². The lowest BCUT2D eigenvalue weighted by molar-refractivity contribution is 0.277. The van der Waals surface area contributed by atoms with Crippen molar-refractivity contribution in [3.05, 3.63) is 76.3 Å². The van der Waals surface area contributed by atoms with Crippen LogP contribution >= 0.6 is 15.9 Å². The van der Waals surface area contributed by atoms with Gasteiger partial charge < -0.3 is 5.11 Å². The second-order valence-corrected chi connectivity index (χ2v) is 7.33. The number of aromatic hydroxyl groups is 1. The second kappa shape index (κ2) is 6.58. The highest BCUT2D eigenvalue weighted by molar-refractivity contribution is 9.10. The Kier molecular flexibility index (Phi) is 4.30. The summed E-state index contributed by atoms with van der Waals surface area (Å²) in [6, 6.07) is 20.7. The molecule has 0 aromatic heterocycles. The molecule has 0 bridgehead atoms. The van der Waals surface area contributed by atoms with E-state index in [1.807, 2.05) is 24.3 Å². The van der Waals surface area contributed by atoms with Gasteiger partial charge >= 0.3 is 0 Å². The van der Waals surface area contributed by atoms with Crippen molar-refractivity contribution < 1.29 is 5.11 Å². The van der Waals surface area contributed by atoms with E-state index in [1.54, 1.807) is 0 Å². The van der Waals surface area contributed by atoms with Gasteiger partial charge in [0.15, 0.2) is 0 Å². The van der Waals surface area contributed by atoms with E-state index in [9.17, 15) is 5.11 Å². The van der Waals surface area contributed by atoms with Gasteiger partial charge in [0, 0.05) is 10.0 Å². The third-order valence-electron chi connectivity index (χ3n) is 4.91. The van der Waals surface area contributed by atoms with E-state index in [0.29, 0.717) is 5.75 Å². The molecule has 1 aliphatic heterocycles. The first-order valence-electron chi connectivity index (χ1n) is 8.44. The minimum atomic E-state index is 0.0895. The lowest BCUT2D eigenvalue weighted by atomic mass is 9.92. The predicted octanol–water partition coefficient (Wildman–Crippen LogP) is 5.49. The molecule has 1 unspecified atom stereocenters. The normalized spacial score (nSPS) is 16.5. The van der Waals surface area contributed by atoms with Crippen LogP contribution in [0.15, 0.2) is 65.1 Å². The van der Waals surface area contributed by atoms with Crippen molar-refractivity contribution in [1.29, 1.82) is 0 Å². The van der Waals surface area contributed by atoms with Crippen molar-refractivity contribution in [1.82, 2.24) is 4.90 Å². The van der Waals surface area contributed by atoms with Gasteiger partial charge in [0.2, 0.25) is 0 Å². The molecule has 1 atom stereocenters. The van der Waals surface area contributed by atoms with Crippen LogP contribution in [-0.4, -0.2) is 23.1 Å². The molecule has 1 heterocycles. The lowest BCUT2D eigenvalue weighted by Gasteiger charge is -2.30. The number of hydrogen-bond donors (Lipinski definition) is 1. The number of hydrogen-bond acceptors (Lipinski definition) is 2. The van der Waals surface area contributed by atoms with E-state index >= 15 is 0 Å². The molecule has 1 N–H and O–H groups in total. The Morgan fingerprint density at radius 2 is 1.58 bits per heavy atom. The maximum atomic E-state index is 10.7. The molecule has 0 amide bonds. The molecule has 3 aromatic carbocycles. The van der Waals surface area contributed by atoms with E-state index in [0.717, 1.165) is 28.5 Å². The van der Waals surface area contributed by atoms with Gasteiger partial charge in [-0.1, -0.05) is 58.4 Å². The monoisotopic (exact) mass is 381 g/mol. The largest absolute Gasteiger partial charge is 0.508 e. The lowest BCUT2D eigenvalue weighted by Crippen LogP contribution is -2.26. The van der Waals surface area contributed by atoms with E-state index in [2.05, 4.69) is 57.2 Å². The van der Waals surface area contributed by atoms with Gasteiger partial charge in [-0.2, -0.15) is 0 Å². The number of phenolic OH excluding ortho intramolecular Hbond substituents is 1. The average molecular weight is 382 g/mol. The summed E-state index contributed by atoms with van der Waals surface area (Å²) < 4.78 is 1.08. The van der Waals surface area contributed by atoms with Crippen molar-refractivity contribution in [2.75, 3.05) is 13.1 Å². The van der Waals surface area contributed by atoms with Gasteiger partial charge in [0.1, 0.15) is 5.75 Å². The van der Waals surface area contributed by atoms with Gasteiger partial charge in [-0.25, -0.2) is 0 Å². The molecule has 4 rings (SSSR count). The SMILES string of the molecule is Oc1ccc2ccccc2c1C(c1ccc(Br)cc1)N1CCCC1. The summed E-state index contributed by atoms with van der Waals surface area (Å²) in [5.74, 6) is 0.383. The van der Waals surface area contributed by atoms with Gasteiger partial charge in [-0.3, -0.25) is 4.90 Å². The molecule has 0 spiro atoms. The first kappa shape index (κ1) is 15.7. The molecule has 0 radical (unpaired) electrons. The van der Waals surface area contributed by atoms with Crippen LogP contribution in [-0.2, 0) is 0 Å². The minimum Gasteiger partial charge on any atom is -0.508 e. The second-order valence-electron chi connectivity index (χ2n) is 6.42. The minimum absolute atomic E-state index is 0.0895. The summed E-state index contributed by atoms with van der Waals surface area (Å²) in [6.45, 7) is 2.15. The van der Waals surface area contributed by atoms with Gasteiger partial charge in [0.05, 0.1) is 6.04 Å². The summed E-state index contributed by atoms with van der Waals surface area (Å²) in [4.78, 5) is 2.49. The molecule has 24 heavy (non-hydrogen) atoms. The van der Waals surface area contributed by atoms with E-state index in [4.69, 9.17) is 0 Å². The van der Waals surface area contributed by atoms with Crippen LogP contribution in [0.2, 0.25) is 0 Å². The van der Waals surface area contributed by atoms with Crippen LogP contribution < -0.4 is 0 Å². The van der Waals surface area contributed by atoms with Gasteiger partial charge in [0.25, 0.3) is 0 Å². The Morgan fingerprint density at radius 3 is 2.33 bits per heavy atom. The summed E-state index contributed by atoms with van der Waals surface area (Å²) in [5, 5.41) is 13.0. The molecular weight excluding hydrogens is 362 g/mol. The topological polar surface area (TPSA) is 23.5 Å². The molecule has 0 aliphatic carbocycles. The molecule has 1 fully saturated rings. The fourth-order valence-corrected chi connectivity index (χ4v) is 4.04. The predicted molar refractivity (Wildman–Crippen MR) is 102 cm³/mol. The van der Waals surface area contributed by atoms with Crippen LogP contribution in [0.5, 0.6) is 5.75 Å². The third kappa shape index (κ3) is 2.83. The zero-order chi connectivity index (χ0) is 16.5. The highest BCUT2D eigenvalue weighted by atomic mass is 79.9. The summed E-state index contributed by atoms with van der Waals surface area (Å²) in [7, 11) is 0. The molecule has 3 aromatic rings. The molecule has 122 valence electrons. The third-order valence-corrected chi connectivity index (χ3v) is 5.44. The first-order chi connectivity index (χ1) is 11.7. The maximum absolute atomic E-state index is 10.7. The number of phenols is 1. The molecule has 0 saturated carbocycles. The molecule has 1 saturated heterocycles. The molecule has 1 aliphatic rings. The van der Waals surface area contributed by atoms with Crippen molar-refractivity contribution in [2.45, 2.75) is 18.9 Å². The number of fused-ring (bicyclic) bond motifs is 1. The van der Waals surface area contributed by atoms with E-state index in [-0.39, 0.29) is 6.04 Å². The fourth-order valence-electron chi connectivity index (χ4n) is 3.78. The standard InChI is InChI=1S/C21H20BrNO/c22-17-10-7-16(8-11-17)21(23-13-3-4-14-23)20-18-6-2-1-5-15(18)9-12-19(20)24/h1-2,5-12,21,24H,3-4,13-14H2. The Balaban J connectivity index is 1.93. The summed E-state index contributed by atoms with van der Waals surface area (Å²) >= 11 is 3.53. The number of rotatable bonds is 3. The van der Waals surface area contributed by atoms with Crippen molar-refractivity contribution in [2.24, 2.45) is 0 Å². The molecule has 3 heteroatoms. The Morgan fingerprint density at radius 1 is 0.875 bits per heavy atom. The molecular formula is C21H20BrNO. The van der Waals surface area contributed by atoms with E-state index in [1.165, 1.54) is 23.8 Å². The van der Waals surface area contributed by atoms with Crippen LogP contribution in [0.1, 0.15) is 30.0 Å². The number of likely N-dealkylation sites (tertiary alicyclic amines) is 1. The summed E-state index contributed by atoms with van der Waals surface area (Å²) in [5.41, 5.74) is 2.25. The Bertz CT molecular complexity index is 853. The molecule has 2 nitrogen and oxygen atoms in total. The van der Waals surface area contributed by atoms with Crippen LogP contribution in [0.4, 0.5) is 0 Å². The number of nitrogens with zero attached hydrogens (tertiary/aromatic N) is 1. The first-order valence-corrected chi connectivity index (χ1v) is 9.23. The highest BCUT2D eigenvalue weighted by Gasteiger charge is 2.28. The highest BCUT2D eigenvalue weighted by Crippen LogP contribution is 2.40. The quantitative estimate of drug-likeness (QED) is 0.647. The van der Waals surface area contributed by atoms with Gasteiger partial charge in [-0.05, 0) is 60.5 Å². The van der Waals surface area contributed by atoms with Crippen molar-refractivity contribution >= 4 is 26.7 Å². The number of benzene rings is 3. The van der Waals surface area contributed by atoms with Crippen LogP contribution in [0, 0.1) is 0 Å². The smallest absolute Gasteiger partial charge is 0.121 e.